The summed E-state index contributed by atoms with van der Waals surface area (Å²) in [5.41, 5.74) is 0.641. The highest BCUT2D eigenvalue weighted by Crippen LogP contribution is 2.45. The molecule has 1 N–H and O–H groups in total. The average molecular weight is 268 g/mol. The van der Waals surface area contributed by atoms with E-state index in [1.165, 1.54) is 32.2 Å². The molecule has 2 unspecified atom stereocenters. The van der Waals surface area contributed by atoms with Crippen LogP contribution in [0.3, 0.4) is 0 Å². The first kappa shape index (κ1) is 15.3. The first-order chi connectivity index (χ1) is 8.99. The third kappa shape index (κ3) is 2.98. The SMILES string of the molecule is CCC1(CC)CN(CC(C)OC)C(C)(C2CC2)CN1. The van der Waals surface area contributed by atoms with Crippen LogP contribution in [0.1, 0.15) is 53.4 Å². The van der Waals surface area contributed by atoms with Gasteiger partial charge in [-0.2, -0.15) is 0 Å². The van der Waals surface area contributed by atoms with Crippen LogP contribution in [-0.2, 0) is 4.74 Å². The van der Waals surface area contributed by atoms with Crippen molar-refractivity contribution in [3.8, 4) is 0 Å². The van der Waals surface area contributed by atoms with Crippen LogP contribution >= 0.6 is 0 Å². The van der Waals surface area contributed by atoms with Gasteiger partial charge < -0.3 is 10.1 Å². The minimum atomic E-state index is 0.307. The maximum atomic E-state index is 5.52. The van der Waals surface area contributed by atoms with Crippen molar-refractivity contribution in [2.75, 3.05) is 26.7 Å². The molecule has 0 aromatic rings. The molecular weight excluding hydrogens is 236 g/mol. The zero-order valence-corrected chi connectivity index (χ0v) is 13.5. The van der Waals surface area contributed by atoms with Crippen LogP contribution < -0.4 is 5.32 Å². The fraction of sp³-hybridized carbons (Fsp3) is 1.00. The van der Waals surface area contributed by atoms with Crippen molar-refractivity contribution in [1.29, 1.82) is 0 Å². The summed E-state index contributed by atoms with van der Waals surface area (Å²) in [6.45, 7) is 12.6. The number of piperazine rings is 1. The molecule has 112 valence electrons. The molecule has 0 aromatic carbocycles. The predicted molar refractivity (Wildman–Crippen MR) is 80.5 cm³/mol. The minimum absolute atomic E-state index is 0.307. The maximum absolute atomic E-state index is 5.52. The molecule has 3 nitrogen and oxygen atoms in total. The number of ether oxygens (including phenoxy) is 1. The fourth-order valence-corrected chi connectivity index (χ4v) is 3.57. The van der Waals surface area contributed by atoms with Crippen LogP contribution in [0.4, 0.5) is 0 Å². The molecule has 0 radical (unpaired) electrons. The van der Waals surface area contributed by atoms with E-state index in [1.54, 1.807) is 0 Å². The summed E-state index contributed by atoms with van der Waals surface area (Å²) in [6.07, 6.45) is 5.55. The van der Waals surface area contributed by atoms with E-state index in [0.29, 0.717) is 17.2 Å². The molecule has 0 aromatic heterocycles. The molecule has 19 heavy (non-hydrogen) atoms. The Hall–Kier alpha value is -0.120. The van der Waals surface area contributed by atoms with Crippen LogP contribution in [0, 0.1) is 5.92 Å². The first-order valence-electron chi connectivity index (χ1n) is 8.02. The quantitative estimate of drug-likeness (QED) is 0.801. The van der Waals surface area contributed by atoms with Gasteiger partial charge in [0.2, 0.25) is 0 Å². The smallest absolute Gasteiger partial charge is 0.0670 e. The van der Waals surface area contributed by atoms with Crippen molar-refractivity contribution in [2.24, 2.45) is 5.92 Å². The minimum Gasteiger partial charge on any atom is -0.380 e. The second-order valence-corrected chi connectivity index (χ2v) is 6.90. The average Bonchev–Trinajstić information content (AvgIpc) is 3.26. The number of rotatable bonds is 6. The van der Waals surface area contributed by atoms with Crippen LogP contribution in [-0.4, -0.2) is 48.8 Å². The molecule has 2 fully saturated rings. The van der Waals surface area contributed by atoms with Crippen molar-refractivity contribution in [3.63, 3.8) is 0 Å². The van der Waals surface area contributed by atoms with Gasteiger partial charge in [0.1, 0.15) is 0 Å². The Morgan fingerprint density at radius 3 is 2.42 bits per heavy atom. The van der Waals surface area contributed by atoms with Gasteiger partial charge in [-0.3, -0.25) is 4.90 Å². The Morgan fingerprint density at radius 2 is 1.95 bits per heavy atom. The Kier molecular flexibility index (Phi) is 4.59. The lowest BCUT2D eigenvalue weighted by atomic mass is 9.81. The van der Waals surface area contributed by atoms with Gasteiger partial charge in [0, 0.05) is 37.8 Å². The summed E-state index contributed by atoms with van der Waals surface area (Å²) in [4.78, 5) is 2.72. The summed E-state index contributed by atoms with van der Waals surface area (Å²) in [7, 11) is 1.83. The van der Waals surface area contributed by atoms with E-state index in [-0.39, 0.29) is 0 Å². The van der Waals surface area contributed by atoms with Gasteiger partial charge >= 0.3 is 0 Å². The molecule has 2 atom stereocenters. The summed E-state index contributed by atoms with van der Waals surface area (Å²) in [5.74, 6) is 0.885. The monoisotopic (exact) mass is 268 g/mol. The summed E-state index contributed by atoms with van der Waals surface area (Å²) < 4.78 is 5.52. The summed E-state index contributed by atoms with van der Waals surface area (Å²) in [5, 5.41) is 3.88. The van der Waals surface area contributed by atoms with Gasteiger partial charge in [-0.05, 0) is 45.4 Å². The van der Waals surface area contributed by atoms with Crippen LogP contribution in [0.25, 0.3) is 0 Å². The van der Waals surface area contributed by atoms with Crippen molar-refractivity contribution >= 4 is 0 Å². The normalized spacial score (nSPS) is 33.3. The predicted octanol–water partition coefficient (Wildman–Crippen LogP) is 2.65. The molecule has 1 aliphatic carbocycles. The van der Waals surface area contributed by atoms with E-state index >= 15 is 0 Å². The number of hydrogen-bond donors (Lipinski definition) is 1. The van der Waals surface area contributed by atoms with Crippen molar-refractivity contribution in [1.82, 2.24) is 10.2 Å². The Balaban J connectivity index is 2.13. The molecule has 0 spiro atoms. The third-order valence-electron chi connectivity index (χ3n) is 5.73. The highest BCUT2D eigenvalue weighted by Gasteiger charge is 2.51. The zero-order chi connectivity index (χ0) is 14.1. The second-order valence-electron chi connectivity index (χ2n) is 6.90. The molecule has 0 bridgehead atoms. The van der Waals surface area contributed by atoms with Gasteiger partial charge in [0.05, 0.1) is 6.10 Å². The lowest BCUT2D eigenvalue weighted by Gasteiger charge is -2.54. The van der Waals surface area contributed by atoms with Gasteiger partial charge in [0.15, 0.2) is 0 Å². The lowest BCUT2D eigenvalue weighted by Crippen LogP contribution is -2.70. The zero-order valence-electron chi connectivity index (χ0n) is 13.5. The van der Waals surface area contributed by atoms with Crippen LogP contribution in [0.2, 0.25) is 0 Å². The largest absolute Gasteiger partial charge is 0.380 e. The molecular formula is C16H32N2O. The van der Waals surface area contributed by atoms with Gasteiger partial charge in [-0.25, -0.2) is 0 Å². The van der Waals surface area contributed by atoms with Crippen LogP contribution in [0.5, 0.6) is 0 Å². The van der Waals surface area contributed by atoms with E-state index in [1.807, 2.05) is 7.11 Å². The molecule has 2 aliphatic rings. The Bertz CT molecular complexity index is 299. The van der Waals surface area contributed by atoms with Gasteiger partial charge in [-0.15, -0.1) is 0 Å². The number of nitrogens with one attached hydrogen (secondary N) is 1. The molecule has 1 saturated heterocycles. The molecule has 1 aliphatic heterocycles. The van der Waals surface area contributed by atoms with Crippen LogP contribution in [0.15, 0.2) is 0 Å². The molecule has 2 rings (SSSR count). The summed E-state index contributed by atoms with van der Waals surface area (Å²) >= 11 is 0. The Labute approximate surface area is 119 Å². The fourth-order valence-electron chi connectivity index (χ4n) is 3.57. The molecule has 0 amide bonds. The Morgan fingerprint density at radius 1 is 1.32 bits per heavy atom. The number of hydrogen-bond acceptors (Lipinski definition) is 3. The highest BCUT2D eigenvalue weighted by atomic mass is 16.5. The molecule has 1 heterocycles. The second kappa shape index (κ2) is 5.71. The summed E-state index contributed by atoms with van der Waals surface area (Å²) in [6, 6.07) is 0. The molecule has 3 heteroatoms. The lowest BCUT2D eigenvalue weighted by molar-refractivity contribution is -0.0344. The number of methoxy groups -OCH3 is 1. The topological polar surface area (TPSA) is 24.5 Å². The van der Waals surface area contributed by atoms with E-state index in [0.717, 1.165) is 19.0 Å². The van der Waals surface area contributed by atoms with E-state index in [2.05, 4.69) is 37.9 Å². The first-order valence-corrected chi connectivity index (χ1v) is 8.02. The van der Waals surface area contributed by atoms with Crippen molar-refractivity contribution in [3.05, 3.63) is 0 Å². The van der Waals surface area contributed by atoms with Gasteiger partial charge in [-0.1, -0.05) is 13.8 Å². The standard InChI is InChI=1S/C16H32N2O/c1-6-16(7-2)12-18(10-13(3)19-5)15(4,11-17-16)14-8-9-14/h13-14,17H,6-12H2,1-5H3. The van der Waals surface area contributed by atoms with E-state index in [4.69, 9.17) is 4.74 Å². The van der Waals surface area contributed by atoms with Crippen molar-refractivity contribution < 1.29 is 4.74 Å². The highest BCUT2D eigenvalue weighted by molar-refractivity contribution is 5.08. The van der Waals surface area contributed by atoms with E-state index in [9.17, 15) is 0 Å². The van der Waals surface area contributed by atoms with Gasteiger partial charge in [0.25, 0.3) is 0 Å². The maximum Gasteiger partial charge on any atom is 0.0670 e. The molecule has 1 saturated carbocycles. The number of nitrogens with zero attached hydrogens (tertiary/aromatic N) is 1. The van der Waals surface area contributed by atoms with E-state index < -0.39 is 0 Å². The third-order valence-corrected chi connectivity index (χ3v) is 5.73. The van der Waals surface area contributed by atoms with Crippen molar-refractivity contribution in [2.45, 2.75) is 70.6 Å².